The number of fused-ring (bicyclic) bond motifs is 3. The fourth-order valence-corrected chi connectivity index (χ4v) is 9.80. The number of nitrogens with zero attached hydrogens (tertiary/aromatic N) is 1. The van der Waals surface area contributed by atoms with Gasteiger partial charge in [-0.3, -0.25) is 0 Å². The normalized spacial score (nSPS) is 12.8. The van der Waals surface area contributed by atoms with E-state index in [1.54, 1.807) is 0 Å². The highest BCUT2D eigenvalue weighted by molar-refractivity contribution is 6.09. The Kier molecular flexibility index (Phi) is 9.24. The van der Waals surface area contributed by atoms with Gasteiger partial charge in [0.15, 0.2) is 0 Å². The molecule has 0 amide bonds. The van der Waals surface area contributed by atoms with Gasteiger partial charge in [-0.15, -0.1) is 0 Å². The summed E-state index contributed by atoms with van der Waals surface area (Å²) in [6.45, 7) is 0. The molecule has 0 atom stereocenters. The maximum absolute atomic E-state index is 6.43. The summed E-state index contributed by atoms with van der Waals surface area (Å²) >= 11 is 0. The highest BCUT2D eigenvalue weighted by Crippen LogP contribution is 2.50. The monoisotopic (exact) mass is 815 g/mol. The van der Waals surface area contributed by atoms with E-state index in [9.17, 15) is 0 Å². The average molecular weight is 816 g/mol. The largest absolute Gasteiger partial charge is 0.456 e. The third-order valence-corrected chi connectivity index (χ3v) is 12.7. The molecule has 0 aromatic heterocycles. The van der Waals surface area contributed by atoms with Crippen molar-refractivity contribution in [3.8, 4) is 67.1 Å². The zero-order chi connectivity index (χ0) is 42.4. The van der Waals surface area contributed by atoms with E-state index < -0.39 is 0 Å². The molecule has 0 N–H and O–H groups in total. The van der Waals surface area contributed by atoms with Crippen molar-refractivity contribution in [1.82, 2.24) is 0 Å². The van der Waals surface area contributed by atoms with E-state index >= 15 is 0 Å². The van der Waals surface area contributed by atoms with Crippen LogP contribution in [-0.4, -0.2) is 0 Å². The molecule has 0 saturated carbocycles. The zero-order valence-corrected chi connectivity index (χ0v) is 35.1. The minimum Gasteiger partial charge on any atom is -0.456 e. The lowest BCUT2D eigenvalue weighted by atomic mass is 9.88. The highest BCUT2D eigenvalue weighted by Gasteiger charge is 2.26. The van der Waals surface area contributed by atoms with Crippen LogP contribution in [0.2, 0.25) is 0 Å². The van der Waals surface area contributed by atoms with Gasteiger partial charge >= 0.3 is 0 Å². The fourth-order valence-electron chi connectivity index (χ4n) is 9.80. The van der Waals surface area contributed by atoms with Gasteiger partial charge in [0.05, 0.1) is 11.4 Å². The van der Waals surface area contributed by atoms with Gasteiger partial charge in [-0.2, -0.15) is 0 Å². The van der Waals surface area contributed by atoms with Crippen molar-refractivity contribution in [2.24, 2.45) is 0 Å². The van der Waals surface area contributed by atoms with Crippen molar-refractivity contribution >= 4 is 38.5 Å². The van der Waals surface area contributed by atoms with Crippen molar-refractivity contribution in [1.29, 1.82) is 0 Å². The zero-order valence-electron chi connectivity index (χ0n) is 35.1. The second-order valence-corrected chi connectivity index (χ2v) is 16.5. The first-order valence-corrected chi connectivity index (χ1v) is 22.1. The summed E-state index contributed by atoms with van der Waals surface area (Å²) < 4.78 is 6.43. The quantitative estimate of drug-likeness (QED) is 0.151. The topological polar surface area (TPSA) is 12.5 Å². The van der Waals surface area contributed by atoms with Crippen molar-refractivity contribution in [2.45, 2.75) is 12.8 Å². The second kappa shape index (κ2) is 15.8. The Balaban J connectivity index is 1.06. The van der Waals surface area contributed by atoms with E-state index in [0.717, 1.165) is 74.5 Å². The molecular weight excluding hydrogens is 775 g/mol. The highest BCUT2D eigenvalue weighted by atomic mass is 16.5. The molecule has 10 aromatic carbocycles. The maximum atomic E-state index is 6.43. The van der Waals surface area contributed by atoms with Crippen LogP contribution in [0.5, 0.6) is 11.5 Å². The van der Waals surface area contributed by atoms with Gasteiger partial charge in [-0.1, -0.05) is 182 Å². The van der Waals surface area contributed by atoms with E-state index in [-0.39, 0.29) is 0 Å². The first-order chi connectivity index (χ1) is 31.7. The molecule has 1 heterocycles. The number of hydrogen-bond donors (Lipinski definition) is 0. The number of benzene rings is 9. The molecule has 10 aromatic rings. The number of allylic oxidation sites excluding steroid dienone is 4. The molecule has 1 aliphatic carbocycles. The van der Waals surface area contributed by atoms with Crippen LogP contribution in [0, 0.1) is 12.1 Å². The van der Waals surface area contributed by atoms with Crippen LogP contribution in [-0.2, 0) is 0 Å². The van der Waals surface area contributed by atoms with Crippen molar-refractivity contribution in [2.75, 3.05) is 4.90 Å². The summed E-state index contributed by atoms with van der Waals surface area (Å²) in [5.74, 6) is 1.79. The van der Waals surface area contributed by atoms with Crippen LogP contribution in [0.15, 0.2) is 230 Å². The van der Waals surface area contributed by atoms with Gasteiger partial charge in [0, 0.05) is 38.9 Å². The Labute approximate surface area is 374 Å². The van der Waals surface area contributed by atoms with E-state index in [1.807, 2.05) is 12.1 Å². The summed E-state index contributed by atoms with van der Waals surface area (Å²) in [6.07, 6.45) is 6.59. The SMILES string of the molecule is c1c(-c2ccccc2)ccc(-c2ccccc2N(C2=CC(c3cc4c5c(cccc5c3)Oc3ccccc3-4)=CCC2)c2ccccc2-c2cccc3cccc(-c4ccccc4)c23)c#1. The Morgan fingerprint density at radius 2 is 0.984 bits per heavy atom. The molecule has 0 radical (unpaired) electrons. The molecule has 2 nitrogen and oxygen atoms in total. The second-order valence-electron chi connectivity index (χ2n) is 16.5. The van der Waals surface area contributed by atoms with E-state index in [2.05, 4.69) is 229 Å². The fraction of sp³-hybridized carbons (Fsp3) is 0.0323. The molecule has 0 saturated heterocycles. The number of para-hydroxylation sites is 3. The van der Waals surface area contributed by atoms with Crippen LogP contribution >= 0.6 is 0 Å². The molecule has 2 aliphatic rings. The molecule has 300 valence electrons. The summed E-state index contributed by atoms with van der Waals surface area (Å²) in [4.78, 5) is 2.52. The molecule has 0 bridgehead atoms. The van der Waals surface area contributed by atoms with Gasteiger partial charge < -0.3 is 9.64 Å². The van der Waals surface area contributed by atoms with Crippen LogP contribution in [0.4, 0.5) is 11.4 Å². The molecule has 1 aliphatic heterocycles. The smallest absolute Gasteiger partial charge is 0.135 e. The number of ether oxygens (including phenoxy) is 1. The number of rotatable bonds is 8. The molecule has 0 fully saturated rings. The predicted molar refractivity (Wildman–Crippen MR) is 267 cm³/mol. The Morgan fingerprint density at radius 3 is 1.77 bits per heavy atom. The van der Waals surface area contributed by atoms with Crippen molar-refractivity contribution in [3.63, 3.8) is 0 Å². The lowest BCUT2D eigenvalue weighted by Gasteiger charge is -2.33. The Bertz CT molecular complexity index is 3450. The van der Waals surface area contributed by atoms with Gasteiger partial charge in [0.25, 0.3) is 0 Å². The lowest BCUT2D eigenvalue weighted by molar-refractivity contribution is 0.487. The van der Waals surface area contributed by atoms with Crippen LogP contribution in [0.1, 0.15) is 18.4 Å². The number of hydrogen-bond acceptors (Lipinski definition) is 2. The summed E-state index contributed by atoms with van der Waals surface area (Å²) in [6, 6.07) is 83.2. The predicted octanol–water partition coefficient (Wildman–Crippen LogP) is 16.9. The summed E-state index contributed by atoms with van der Waals surface area (Å²) in [7, 11) is 0. The Hall–Kier alpha value is -8.38. The van der Waals surface area contributed by atoms with Crippen molar-refractivity contribution in [3.05, 3.63) is 248 Å². The van der Waals surface area contributed by atoms with Gasteiger partial charge in [0.2, 0.25) is 0 Å². The van der Waals surface area contributed by atoms with Gasteiger partial charge in [-0.25, -0.2) is 0 Å². The summed E-state index contributed by atoms with van der Waals surface area (Å²) in [5.41, 5.74) is 17.2. The molecular formula is C62H41NO. The summed E-state index contributed by atoms with van der Waals surface area (Å²) in [5, 5.41) is 4.78. The number of anilines is 2. The average Bonchev–Trinajstić information content (AvgIpc) is 3.37. The van der Waals surface area contributed by atoms with Gasteiger partial charge in [0.1, 0.15) is 11.5 Å². The van der Waals surface area contributed by atoms with E-state index in [0.29, 0.717) is 0 Å². The first kappa shape index (κ1) is 37.4. The van der Waals surface area contributed by atoms with Crippen LogP contribution in [0.25, 0.3) is 82.8 Å². The molecule has 0 spiro atoms. The minimum atomic E-state index is 0.862. The molecule has 2 heteroatoms. The van der Waals surface area contributed by atoms with Gasteiger partial charge in [-0.05, 0) is 123 Å². The minimum absolute atomic E-state index is 0.862. The first-order valence-electron chi connectivity index (χ1n) is 22.1. The maximum Gasteiger partial charge on any atom is 0.135 e. The molecule has 12 rings (SSSR count). The van der Waals surface area contributed by atoms with Crippen LogP contribution < -0.4 is 9.64 Å². The third-order valence-electron chi connectivity index (χ3n) is 12.7. The van der Waals surface area contributed by atoms with E-state index in [4.69, 9.17) is 4.74 Å². The third kappa shape index (κ3) is 6.54. The van der Waals surface area contributed by atoms with Crippen LogP contribution in [0.3, 0.4) is 0 Å². The lowest BCUT2D eigenvalue weighted by Crippen LogP contribution is -2.19. The molecule has 64 heavy (non-hydrogen) atoms. The Morgan fingerprint density at radius 1 is 0.391 bits per heavy atom. The molecule has 0 unspecified atom stereocenters. The van der Waals surface area contributed by atoms with Crippen molar-refractivity contribution < 1.29 is 4.74 Å². The standard InChI is InChI=1S/C62H41NO/c1-3-17-42(18-4-1)43-35-37-45(38-36-43)51-26-7-10-31-57(51)63(58-32-11-8-27-53(58)55-30-15-22-46-21-14-29-52(61(46)55)44-19-5-2-6-20-44)50-25-13-23-47(40-50)49-39-48-24-16-34-60-62(48)56(41-49)54-28-9-12-33-59(54)64-60/h1-12,14-24,26-35,37,39-41H,13,25H2. The van der Waals surface area contributed by atoms with E-state index in [1.165, 1.54) is 55.2 Å².